The van der Waals surface area contributed by atoms with Crippen molar-refractivity contribution < 1.29 is 4.79 Å². The third-order valence-electron chi connectivity index (χ3n) is 5.01. The van der Waals surface area contributed by atoms with Crippen molar-refractivity contribution in [2.24, 2.45) is 0 Å². The molecule has 0 saturated carbocycles. The summed E-state index contributed by atoms with van der Waals surface area (Å²) in [6.07, 6.45) is 6.62. The fraction of sp³-hybridized carbons (Fsp3) is 0.421. The first-order chi connectivity index (χ1) is 11.7. The molecule has 0 radical (unpaired) electrons. The maximum Gasteiger partial charge on any atom is 0.257 e. The molecule has 24 heavy (non-hydrogen) atoms. The highest BCUT2D eigenvalue weighted by atomic mass is 16.2. The van der Waals surface area contributed by atoms with Gasteiger partial charge in [-0.15, -0.1) is 0 Å². The normalized spacial score (nSPS) is 16.4. The molecule has 0 atom stereocenters. The van der Waals surface area contributed by atoms with E-state index < -0.39 is 0 Å². The SMILES string of the molecule is O=C(c1ccc(Cn2cnc3c(c2=O)CCC3)cc1)N1CCCC1. The van der Waals surface area contributed by atoms with Gasteiger partial charge in [0.1, 0.15) is 0 Å². The van der Waals surface area contributed by atoms with Crippen LogP contribution in [0.2, 0.25) is 0 Å². The van der Waals surface area contributed by atoms with Gasteiger partial charge in [0.15, 0.2) is 0 Å². The third-order valence-corrected chi connectivity index (χ3v) is 5.01. The van der Waals surface area contributed by atoms with Crippen LogP contribution in [0, 0.1) is 0 Å². The molecule has 1 aliphatic carbocycles. The Morgan fingerprint density at radius 3 is 2.54 bits per heavy atom. The van der Waals surface area contributed by atoms with Gasteiger partial charge in [-0.1, -0.05) is 12.1 Å². The lowest BCUT2D eigenvalue weighted by Crippen LogP contribution is -2.27. The van der Waals surface area contributed by atoms with Crippen molar-refractivity contribution in [3.05, 3.63) is 63.3 Å². The number of hydrogen-bond acceptors (Lipinski definition) is 3. The van der Waals surface area contributed by atoms with E-state index in [1.165, 1.54) is 0 Å². The number of hydrogen-bond donors (Lipinski definition) is 0. The fourth-order valence-corrected chi connectivity index (χ4v) is 3.63. The first-order valence-electron chi connectivity index (χ1n) is 8.68. The Kier molecular flexibility index (Phi) is 3.92. The molecular weight excluding hydrogens is 302 g/mol. The molecule has 1 saturated heterocycles. The van der Waals surface area contributed by atoms with Gasteiger partial charge in [0, 0.05) is 24.2 Å². The minimum atomic E-state index is 0.0784. The third kappa shape index (κ3) is 2.75. The summed E-state index contributed by atoms with van der Waals surface area (Å²) in [4.78, 5) is 31.2. The van der Waals surface area contributed by atoms with Crippen LogP contribution in [-0.2, 0) is 19.4 Å². The van der Waals surface area contributed by atoms with Crippen molar-refractivity contribution >= 4 is 5.91 Å². The zero-order chi connectivity index (χ0) is 16.5. The van der Waals surface area contributed by atoms with Gasteiger partial charge < -0.3 is 4.90 Å². The highest BCUT2D eigenvalue weighted by Gasteiger charge is 2.20. The Morgan fingerprint density at radius 2 is 1.79 bits per heavy atom. The Morgan fingerprint density at radius 1 is 1.04 bits per heavy atom. The zero-order valence-corrected chi connectivity index (χ0v) is 13.7. The summed E-state index contributed by atoms with van der Waals surface area (Å²) in [7, 11) is 0. The predicted molar refractivity (Wildman–Crippen MR) is 91.2 cm³/mol. The van der Waals surface area contributed by atoms with Crippen LogP contribution in [0.15, 0.2) is 35.4 Å². The average Bonchev–Trinajstić information content (AvgIpc) is 3.29. The van der Waals surface area contributed by atoms with Crippen LogP contribution in [0.3, 0.4) is 0 Å². The quantitative estimate of drug-likeness (QED) is 0.868. The van der Waals surface area contributed by atoms with E-state index >= 15 is 0 Å². The largest absolute Gasteiger partial charge is 0.339 e. The van der Waals surface area contributed by atoms with Gasteiger partial charge in [-0.25, -0.2) is 4.98 Å². The predicted octanol–water partition coefficient (Wildman–Crippen LogP) is 2.02. The topological polar surface area (TPSA) is 55.2 Å². The molecule has 2 heterocycles. The molecular formula is C19H21N3O2. The van der Waals surface area contributed by atoms with Gasteiger partial charge in [-0.2, -0.15) is 0 Å². The van der Waals surface area contributed by atoms with Crippen molar-refractivity contribution in [3.63, 3.8) is 0 Å². The van der Waals surface area contributed by atoms with Crippen molar-refractivity contribution in [2.75, 3.05) is 13.1 Å². The highest BCUT2D eigenvalue weighted by Crippen LogP contribution is 2.16. The summed E-state index contributed by atoms with van der Waals surface area (Å²) in [5, 5.41) is 0. The lowest BCUT2D eigenvalue weighted by molar-refractivity contribution is 0.0793. The van der Waals surface area contributed by atoms with Gasteiger partial charge in [-0.3, -0.25) is 14.2 Å². The summed E-state index contributed by atoms with van der Waals surface area (Å²) >= 11 is 0. The van der Waals surface area contributed by atoms with E-state index in [-0.39, 0.29) is 11.5 Å². The molecule has 0 unspecified atom stereocenters. The molecule has 1 aromatic heterocycles. The van der Waals surface area contributed by atoms with Gasteiger partial charge in [0.2, 0.25) is 0 Å². The number of aryl methyl sites for hydroxylation is 1. The van der Waals surface area contributed by atoms with E-state index in [4.69, 9.17) is 0 Å². The summed E-state index contributed by atoms with van der Waals surface area (Å²) in [5.74, 6) is 0.107. The fourth-order valence-electron chi connectivity index (χ4n) is 3.63. The van der Waals surface area contributed by atoms with Crippen LogP contribution in [-0.4, -0.2) is 33.4 Å². The van der Waals surface area contributed by atoms with Gasteiger partial charge in [0.05, 0.1) is 18.6 Å². The Bertz CT molecular complexity index is 817. The number of fused-ring (bicyclic) bond motifs is 1. The smallest absolute Gasteiger partial charge is 0.257 e. The molecule has 1 amide bonds. The van der Waals surface area contributed by atoms with Crippen molar-refractivity contribution in [1.82, 2.24) is 14.5 Å². The molecule has 2 aliphatic rings. The molecule has 5 nitrogen and oxygen atoms in total. The molecule has 0 spiro atoms. The molecule has 4 rings (SSSR count). The van der Waals surface area contributed by atoms with Crippen LogP contribution in [0.25, 0.3) is 0 Å². The van der Waals surface area contributed by atoms with E-state index in [0.717, 1.165) is 67.6 Å². The van der Waals surface area contributed by atoms with E-state index in [1.807, 2.05) is 29.2 Å². The van der Waals surface area contributed by atoms with Crippen molar-refractivity contribution in [2.45, 2.75) is 38.6 Å². The number of carbonyl (C=O) groups is 1. The van der Waals surface area contributed by atoms with Gasteiger partial charge in [0.25, 0.3) is 11.5 Å². The number of carbonyl (C=O) groups excluding carboxylic acids is 1. The highest BCUT2D eigenvalue weighted by molar-refractivity contribution is 5.94. The van der Waals surface area contributed by atoms with Crippen molar-refractivity contribution in [1.29, 1.82) is 0 Å². The second-order valence-corrected chi connectivity index (χ2v) is 6.65. The average molecular weight is 323 g/mol. The number of benzene rings is 1. The lowest BCUT2D eigenvalue weighted by Gasteiger charge is -2.15. The number of rotatable bonds is 3. The molecule has 0 N–H and O–H groups in total. The Hall–Kier alpha value is -2.43. The van der Waals surface area contributed by atoms with Gasteiger partial charge >= 0.3 is 0 Å². The first kappa shape index (κ1) is 15.1. The minimum absolute atomic E-state index is 0.0784. The Labute approximate surface area is 140 Å². The van der Waals surface area contributed by atoms with E-state index in [1.54, 1.807) is 10.9 Å². The first-order valence-corrected chi connectivity index (χ1v) is 8.68. The maximum atomic E-state index is 12.5. The number of aromatic nitrogens is 2. The van der Waals surface area contributed by atoms with Gasteiger partial charge in [-0.05, 0) is 49.8 Å². The molecule has 0 bridgehead atoms. The molecule has 1 aromatic carbocycles. The van der Waals surface area contributed by atoms with Crippen LogP contribution in [0.4, 0.5) is 0 Å². The monoisotopic (exact) mass is 323 g/mol. The minimum Gasteiger partial charge on any atom is -0.339 e. The lowest BCUT2D eigenvalue weighted by atomic mass is 10.1. The summed E-state index contributed by atoms with van der Waals surface area (Å²) in [5.41, 5.74) is 3.64. The molecule has 1 fully saturated rings. The molecule has 1 aliphatic heterocycles. The number of nitrogens with zero attached hydrogens (tertiary/aromatic N) is 3. The zero-order valence-electron chi connectivity index (χ0n) is 13.7. The second kappa shape index (κ2) is 6.23. The number of amides is 1. The standard InChI is InChI=1S/C19H21N3O2/c23-18(21-10-1-2-11-21)15-8-6-14(7-9-15)12-22-13-20-17-5-3-4-16(17)19(22)24/h6-9,13H,1-5,10-12H2. The number of likely N-dealkylation sites (tertiary alicyclic amines) is 1. The second-order valence-electron chi connectivity index (χ2n) is 6.65. The molecule has 2 aromatic rings. The molecule has 5 heteroatoms. The molecule has 124 valence electrons. The Balaban J connectivity index is 1.52. The van der Waals surface area contributed by atoms with Crippen LogP contribution in [0.5, 0.6) is 0 Å². The van der Waals surface area contributed by atoms with E-state index in [2.05, 4.69) is 4.98 Å². The van der Waals surface area contributed by atoms with E-state index in [0.29, 0.717) is 6.54 Å². The summed E-state index contributed by atoms with van der Waals surface area (Å²) in [6.45, 7) is 2.21. The van der Waals surface area contributed by atoms with Crippen LogP contribution >= 0.6 is 0 Å². The van der Waals surface area contributed by atoms with Crippen LogP contribution < -0.4 is 5.56 Å². The van der Waals surface area contributed by atoms with Crippen LogP contribution in [0.1, 0.15) is 46.4 Å². The summed E-state index contributed by atoms with van der Waals surface area (Å²) in [6, 6.07) is 7.59. The maximum absolute atomic E-state index is 12.5. The van der Waals surface area contributed by atoms with Crippen molar-refractivity contribution in [3.8, 4) is 0 Å². The van der Waals surface area contributed by atoms with E-state index in [9.17, 15) is 9.59 Å². The summed E-state index contributed by atoms with van der Waals surface area (Å²) < 4.78 is 1.67.